The molecule has 1 heterocycles. The summed E-state index contributed by atoms with van der Waals surface area (Å²) in [5.41, 5.74) is 2.66. The maximum absolute atomic E-state index is 5.53. The Kier molecular flexibility index (Phi) is 4.54. The lowest BCUT2D eigenvalue weighted by Crippen LogP contribution is -2.26. The lowest BCUT2D eigenvalue weighted by atomic mass is 9.98. The molecule has 1 atom stereocenters. The van der Waals surface area contributed by atoms with Crippen molar-refractivity contribution in [1.82, 2.24) is 5.32 Å². The van der Waals surface area contributed by atoms with Crippen molar-refractivity contribution in [2.45, 2.75) is 32.6 Å². The van der Waals surface area contributed by atoms with E-state index in [0.717, 1.165) is 26.2 Å². The summed E-state index contributed by atoms with van der Waals surface area (Å²) in [4.78, 5) is 0. The highest BCUT2D eigenvalue weighted by atomic mass is 16.7. The molecule has 1 aliphatic heterocycles. The first-order chi connectivity index (χ1) is 8.31. The number of ether oxygens (including phenoxy) is 2. The van der Waals surface area contributed by atoms with Crippen LogP contribution in [-0.2, 0) is 9.47 Å². The monoisotopic (exact) mass is 235 g/mol. The van der Waals surface area contributed by atoms with Gasteiger partial charge in [-0.3, -0.25) is 0 Å². The van der Waals surface area contributed by atoms with Gasteiger partial charge in [0.15, 0.2) is 6.29 Å². The van der Waals surface area contributed by atoms with Crippen molar-refractivity contribution in [3.8, 4) is 0 Å². The second kappa shape index (κ2) is 6.15. The Morgan fingerprint density at radius 3 is 2.65 bits per heavy atom. The van der Waals surface area contributed by atoms with Crippen LogP contribution >= 0.6 is 0 Å². The lowest BCUT2D eigenvalue weighted by Gasteiger charge is -2.22. The van der Waals surface area contributed by atoms with Gasteiger partial charge >= 0.3 is 0 Å². The average Bonchev–Trinajstić information content (AvgIpc) is 2.82. The molecule has 94 valence electrons. The minimum Gasteiger partial charge on any atom is -0.350 e. The average molecular weight is 235 g/mol. The van der Waals surface area contributed by atoms with Gasteiger partial charge in [-0.15, -0.1) is 0 Å². The largest absolute Gasteiger partial charge is 0.350 e. The topological polar surface area (TPSA) is 30.5 Å². The summed E-state index contributed by atoms with van der Waals surface area (Å²) in [6.07, 6.45) is 0.817. The van der Waals surface area contributed by atoms with E-state index < -0.39 is 0 Å². The van der Waals surface area contributed by atoms with Gasteiger partial charge in [0.05, 0.1) is 13.2 Å². The van der Waals surface area contributed by atoms with Crippen molar-refractivity contribution in [2.24, 2.45) is 0 Å². The first kappa shape index (κ1) is 12.6. The van der Waals surface area contributed by atoms with Crippen molar-refractivity contribution in [2.75, 3.05) is 19.8 Å². The molecule has 2 rings (SSSR count). The standard InChI is InChI=1S/C14H21NO2/c1-3-15-13(10-14-16-8-9-17-14)12-7-5-4-6-11(12)2/h4-7,13-15H,3,8-10H2,1-2H3. The molecule has 0 saturated carbocycles. The van der Waals surface area contributed by atoms with Gasteiger partial charge in [-0.25, -0.2) is 0 Å². The van der Waals surface area contributed by atoms with Crippen LogP contribution < -0.4 is 5.32 Å². The van der Waals surface area contributed by atoms with Crippen molar-refractivity contribution in [3.05, 3.63) is 35.4 Å². The van der Waals surface area contributed by atoms with E-state index in [1.54, 1.807) is 0 Å². The summed E-state index contributed by atoms with van der Waals surface area (Å²) in [6, 6.07) is 8.80. The van der Waals surface area contributed by atoms with Crippen molar-refractivity contribution < 1.29 is 9.47 Å². The van der Waals surface area contributed by atoms with E-state index in [1.807, 2.05) is 0 Å². The Balaban J connectivity index is 2.08. The van der Waals surface area contributed by atoms with Crippen LogP contribution in [0.4, 0.5) is 0 Å². The number of rotatable bonds is 5. The van der Waals surface area contributed by atoms with E-state index >= 15 is 0 Å². The predicted molar refractivity (Wildman–Crippen MR) is 67.9 cm³/mol. The maximum Gasteiger partial charge on any atom is 0.159 e. The number of hydrogen-bond donors (Lipinski definition) is 1. The van der Waals surface area contributed by atoms with E-state index in [4.69, 9.17) is 9.47 Å². The quantitative estimate of drug-likeness (QED) is 0.850. The lowest BCUT2D eigenvalue weighted by molar-refractivity contribution is -0.0529. The molecule has 3 nitrogen and oxygen atoms in total. The molecule has 1 fully saturated rings. The molecule has 1 aromatic rings. The predicted octanol–water partition coefficient (Wildman–Crippen LogP) is 2.41. The van der Waals surface area contributed by atoms with Gasteiger partial charge in [-0.05, 0) is 24.6 Å². The molecular formula is C14H21NO2. The fraction of sp³-hybridized carbons (Fsp3) is 0.571. The van der Waals surface area contributed by atoms with Crippen LogP contribution in [0.25, 0.3) is 0 Å². The second-order valence-electron chi connectivity index (χ2n) is 4.37. The Labute approximate surface area is 103 Å². The zero-order chi connectivity index (χ0) is 12.1. The summed E-state index contributed by atoms with van der Waals surface area (Å²) in [7, 11) is 0. The van der Waals surface area contributed by atoms with E-state index in [0.29, 0.717) is 6.04 Å². The Morgan fingerprint density at radius 2 is 2.00 bits per heavy atom. The molecule has 0 aliphatic carbocycles. The molecule has 0 radical (unpaired) electrons. The van der Waals surface area contributed by atoms with E-state index in [-0.39, 0.29) is 6.29 Å². The summed E-state index contributed by atoms with van der Waals surface area (Å²) in [6.45, 7) is 6.66. The highest BCUT2D eigenvalue weighted by molar-refractivity contribution is 5.28. The van der Waals surface area contributed by atoms with Crippen molar-refractivity contribution >= 4 is 0 Å². The van der Waals surface area contributed by atoms with Crippen LogP contribution in [0.15, 0.2) is 24.3 Å². The molecule has 1 N–H and O–H groups in total. The van der Waals surface area contributed by atoms with Gasteiger partial charge in [-0.1, -0.05) is 31.2 Å². The molecule has 1 saturated heterocycles. The van der Waals surface area contributed by atoms with Gasteiger partial charge in [0.25, 0.3) is 0 Å². The smallest absolute Gasteiger partial charge is 0.159 e. The Hall–Kier alpha value is -0.900. The highest BCUT2D eigenvalue weighted by Gasteiger charge is 2.22. The first-order valence-corrected chi connectivity index (χ1v) is 6.33. The van der Waals surface area contributed by atoms with Gasteiger partial charge in [0, 0.05) is 12.5 Å². The zero-order valence-electron chi connectivity index (χ0n) is 10.6. The van der Waals surface area contributed by atoms with Crippen molar-refractivity contribution in [1.29, 1.82) is 0 Å². The summed E-state index contributed by atoms with van der Waals surface area (Å²) in [5.74, 6) is 0. The molecule has 0 spiro atoms. The van der Waals surface area contributed by atoms with Crippen LogP contribution in [0.2, 0.25) is 0 Å². The van der Waals surface area contributed by atoms with Crippen LogP contribution in [0.5, 0.6) is 0 Å². The minimum absolute atomic E-state index is 0.0568. The molecule has 0 bridgehead atoms. The van der Waals surface area contributed by atoms with Gasteiger partial charge in [0.1, 0.15) is 0 Å². The third kappa shape index (κ3) is 3.28. The summed E-state index contributed by atoms with van der Waals surface area (Å²) in [5, 5.41) is 3.51. The molecule has 0 amide bonds. The fourth-order valence-electron chi connectivity index (χ4n) is 2.28. The molecular weight excluding hydrogens is 214 g/mol. The number of hydrogen-bond acceptors (Lipinski definition) is 3. The van der Waals surface area contributed by atoms with Gasteiger partial charge < -0.3 is 14.8 Å². The molecule has 1 aromatic carbocycles. The third-order valence-electron chi connectivity index (χ3n) is 3.13. The van der Waals surface area contributed by atoms with Crippen LogP contribution in [0.1, 0.15) is 30.5 Å². The SMILES string of the molecule is CCNC(CC1OCCO1)c1ccccc1C. The molecule has 17 heavy (non-hydrogen) atoms. The van der Waals surface area contributed by atoms with E-state index in [1.165, 1.54) is 11.1 Å². The van der Waals surface area contributed by atoms with Crippen LogP contribution in [0, 0.1) is 6.92 Å². The number of benzene rings is 1. The van der Waals surface area contributed by atoms with Crippen LogP contribution in [0.3, 0.4) is 0 Å². The van der Waals surface area contributed by atoms with Crippen molar-refractivity contribution in [3.63, 3.8) is 0 Å². The van der Waals surface area contributed by atoms with E-state index in [2.05, 4.69) is 43.4 Å². The summed E-state index contributed by atoms with van der Waals surface area (Å²) < 4.78 is 11.1. The van der Waals surface area contributed by atoms with E-state index in [9.17, 15) is 0 Å². The minimum atomic E-state index is -0.0568. The highest BCUT2D eigenvalue weighted by Crippen LogP contribution is 2.24. The second-order valence-corrected chi connectivity index (χ2v) is 4.37. The molecule has 0 aromatic heterocycles. The molecule has 3 heteroatoms. The maximum atomic E-state index is 5.53. The zero-order valence-corrected chi connectivity index (χ0v) is 10.6. The first-order valence-electron chi connectivity index (χ1n) is 6.33. The van der Waals surface area contributed by atoms with Gasteiger partial charge in [0.2, 0.25) is 0 Å². The van der Waals surface area contributed by atoms with Gasteiger partial charge in [-0.2, -0.15) is 0 Å². The number of nitrogens with one attached hydrogen (secondary N) is 1. The Morgan fingerprint density at radius 1 is 1.29 bits per heavy atom. The summed E-state index contributed by atoms with van der Waals surface area (Å²) >= 11 is 0. The Bertz CT molecular complexity index is 348. The number of aryl methyl sites for hydroxylation is 1. The molecule has 1 unspecified atom stereocenters. The molecule has 1 aliphatic rings. The fourth-order valence-corrected chi connectivity index (χ4v) is 2.28. The normalized spacial score (nSPS) is 18.5. The van der Waals surface area contributed by atoms with Crippen LogP contribution in [-0.4, -0.2) is 26.0 Å². The third-order valence-corrected chi connectivity index (χ3v) is 3.13.